The molecule has 0 saturated carbocycles. The summed E-state index contributed by atoms with van der Waals surface area (Å²) in [5.41, 5.74) is 11.3. The molecule has 0 aliphatic rings. The summed E-state index contributed by atoms with van der Waals surface area (Å²) in [5.74, 6) is -0.963. The average molecular weight is 117 g/mol. The van der Waals surface area contributed by atoms with Crippen LogP contribution in [0, 0.1) is 0 Å². The fourth-order valence-corrected chi connectivity index (χ4v) is 0.289. The molecule has 0 spiro atoms. The minimum atomic E-state index is -1.18. The molecule has 1 atom stereocenters. The van der Waals surface area contributed by atoms with Gasteiger partial charge < -0.3 is 10.8 Å². The summed E-state index contributed by atoms with van der Waals surface area (Å²) < 4.78 is 0. The monoisotopic (exact) mass is 117 g/mol. The van der Waals surface area contributed by atoms with Crippen LogP contribution in [0.15, 0.2) is 0 Å². The van der Waals surface area contributed by atoms with Crippen molar-refractivity contribution >= 4 is 5.91 Å². The maximum atomic E-state index is 9.89. The van der Waals surface area contributed by atoms with Crippen LogP contribution in [0.4, 0.5) is 0 Å². The molecule has 4 heteroatoms. The minimum Gasteiger partial charge on any atom is -0.383 e. The molecule has 0 aromatic heterocycles. The lowest BCUT2D eigenvalue weighted by Gasteiger charge is -1.99. The Morgan fingerprint density at radius 3 is 2.50 bits per heavy atom. The number of carbonyl (C=O) groups is 1. The lowest BCUT2D eigenvalue weighted by atomic mass is 10.2. The van der Waals surface area contributed by atoms with E-state index in [0.29, 0.717) is 0 Å². The highest BCUT2D eigenvalue weighted by Crippen LogP contribution is 1.85. The van der Waals surface area contributed by atoms with Crippen molar-refractivity contribution in [2.75, 3.05) is 6.54 Å². The third-order valence-electron chi connectivity index (χ3n) is 0.743. The third kappa shape index (κ3) is 2.54. The van der Waals surface area contributed by atoms with Gasteiger partial charge in [0.1, 0.15) is 6.10 Å². The quantitative estimate of drug-likeness (QED) is 0.472. The van der Waals surface area contributed by atoms with Crippen LogP contribution in [0.5, 0.6) is 0 Å². The minimum absolute atomic E-state index is 0.183. The number of aliphatic hydroxyl groups excluding tert-OH is 1. The van der Waals surface area contributed by atoms with Gasteiger partial charge in [0.15, 0.2) is 0 Å². The van der Waals surface area contributed by atoms with E-state index in [1.807, 2.05) is 0 Å². The van der Waals surface area contributed by atoms with Crippen LogP contribution in [0.1, 0.15) is 6.42 Å². The molecule has 0 aliphatic carbocycles. The van der Waals surface area contributed by atoms with Gasteiger partial charge >= 0.3 is 0 Å². The van der Waals surface area contributed by atoms with Crippen LogP contribution >= 0.6 is 0 Å². The maximum absolute atomic E-state index is 9.89. The predicted octanol–water partition coefficient (Wildman–Crippen LogP) is -1.49. The fraction of sp³-hybridized carbons (Fsp3) is 0.750. The SMILES string of the molecule is [NH]C(=O)C(O)CCN. The number of amides is 1. The van der Waals surface area contributed by atoms with E-state index in [-0.39, 0.29) is 13.0 Å². The standard InChI is InChI=1S/C4H9N2O2/c5-2-1-3(7)4(6)8/h3,6-7H,1-2,5H2. The topological polar surface area (TPSA) is 87.1 Å². The molecule has 4 nitrogen and oxygen atoms in total. The van der Waals surface area contributed by atoms with Crippen molar-refractivity contribution in [1.29, 1.82) is 0 Å². The highest BCUT2D eigenvalue weighted by atomic mass is 16.3. The number of aliphatic hydroxyl groups is 1. The first kappa shape index (κ1) is 7.39. The molecule has 8 heavy (non-hydrogen) atoms. The number of hydrogen-bond donors (Lipinski definition) is 2. The van der Waals surface area contributed by atoms with Gasteiger partial charge in [0.25, 0.3) is 5.91 Å². The Labute approximate surface area is 47.5 Å². The van der Waals surface area contributed by atoms with E-state index in [4.69, 9.17) is 16.6 Å². The zero-order chi connectivity index (χ0) is 6.57. The van der Waals surface area contributed by atoms with E-state index in [1.54, 1.807) is 0 Å². The number of nitrogens with one attached hydrogen (secondary N) is 1. The molecule has 0 bridgehead atoms. The second-order valence-electron chi connectivity index (χ2n) is 1.46. The van der Waals surface area contributed by atoms with Crippen molar-refractivity contribution in [2.45, 2.75) is 12.5 Å². The zero-order valence-electron chi connectivity index (χ0n) is 4.42. The highest BCUT2D eigenvalue weighted by molar-refractivity contribution is 5.77. The lowest BCUT2D eigenvalue weighted by molar-refractivity contribution is -0.126. The molecule has 0 rings (SSSR count). The third-order valence-corrected chi connectivity index (χ3v) is 0.743. The Balaban J connectivity index is 3.32. The largest absolute Gasteiger partial charge is 0.383 e. The van der Waals surface area contributed by atoms with Crippen LogP contribution in [-0.4, -0.2) is 23.7 Å². The molecule has 0 heterocycles. The van der Waals surface area contributed by atoms with Gasteiger partial charge in [-0.25, -0.2) is 0 Å². The van der Waals surface area contributed by atoms with Crippen LogP contribution in [-0.2, 0) is 4.79 Å². The Morgan fingerprint density at radius 1 is 1.88 bits per heavy atom. The first-order valence-electron chi connectivity index (χ1n) is 2.32. The number of hydrogen-bond acceptors (Lipinski definition) is 3. The van der Waals surface area contributed by atoms with E-state index in [1.165, 1.54) is 0 Å². The van der Waals surface area contributed by atoms with E-state index in [0.717, 1.165) is 0 Å². The van der Waals surface area contributed by atoms with Gasteiger partial charge in [0.05, 0.1) is 0 Å². The summed E-state index contributed by atoms with van der Waals surface area (Å²) in [4.78, 5) is 9.89. The van der Waals surface area contributed by atoms with Gasteiger partial charge in [-0.2, -0.15) is 0 Å². The zero-order valence-corrected chi connectivity index (χ0v) is 4.42. The highest BCUT2D eigenvalue weighted by Gasteiger charge is 2.08. The molecule has 0 saturated heterocycles. The van der Waals surface area contributed by atoms with Crippen LogP contribution in [0.3, 0.4) is 0 Å². The molecule has 1 unspecified atom stereocenters. The summed E-state index contributed by atoms with van der Waals surface area (Å²) in [6.07, 6.45) is -0.998. The Morgan fingerprint density at radius 2 is 2.38 bits per heavy atom. The molecule has 0 aromatic carbocycles. The second-order valence-corrected chi connectivity index (χ2v) is 1.46. The van der Waals surface area contributed by atoms with Gasteiger partial charge in [-0.15, -0.1) is 0 Å². The molecule has 0 aliphatic heterocycles. The molecule has 1 radical (unpaired) electrons. The average Bonchev–Trinajstić information content (AvgIpc) is 1.67. The van der Waals surface area contributed by atoms with Crippen LogP contribution in [0.25, 0.3) is 0 Å². The number of rotatable bonds is 3. The first-order valence-corrected chi connectivity index (χ1v) is 2.32. The van der Waals surface area contributed by atoms with Gasteiger partial charge in [-0.3, -0.25) is 10.5 Å². The van der Waals surface area contributed by atoms with E-state index in [9.17, 15) is 4.79 Å². The van der Waals surface area contributed by atoms with E-state index < -0.39 is 12.0 Å². The van der Waals surface area contributed by atoms with Gasteiger partial charge in [-0.05, 0) is 13.0 Å². The summed E-state index contributed by atoms with van der Waals surface area (Å²) in [5, 5.41) is 8.51. The van der Waals surface area contributed by atoms with E-state index in [2.05, 4.69) is 0 Å². The van der Waals surface area contributed by atoms with Crippen molar-refractivity contribution in [3.63, 3.8) is 0 Å². The van der Waals surface area contributed by atoms with Crippen molar-refractivity contribution in [2.24, 2.45) is 5.73 Å². The normalized spacial score (nSPS) is 13.2. The smallest absolute Gasteiger partial charge is 0.267 e. The second kappa shape index (κ2) is 3.40. The molecule has 0 fully saturated rings. The van der Waals surface area contributed by atoms with Gasteiger partial charge in [0.2, 0.25) is 0 Å². The van der Waals surface area contributed by atoms with Gasteiger partial charge in [-0.1, -0.05) is 0 Å². The molecular formula is C4H9N2O2. The fourth-order valence-electron chi connectivity index (χ4n) is 0.289. The Hall–Kier alpha value is -0.610. The summed E-state index contributed by atoms with van der Waals surface area (Å²) in [6.45, 7) is 0.242. The van der Waals surface area contributed by atoms with Crippen molar-refractivity contribution in [1.82, 2.24) is 5.73 Å². The predicted molar refractivity (Wildman–Crippen MR) is 27.8 cm³/mol. The molecule has 47 valence electrons. The van der Waals surface area contributed by atoms with Crippen molar-refractivity contribution < 1.29 is 9.90 Å². The molecule has 1 amide bonds. The molecular weight excluding hydrogens is 108 g/mol. The summed E-state index contributed by atoms with van der Waals surface area (Å²) in [6, 6.07) is 0. The van der Waals surface area contributed by atoms with Crippen molar-refractivity contribution in [3.05, 3.63) is 0 Å². The maximum Gasteiger partial charge on any atom is 0.267 e. The summed E-state index contributed by atoms with van der Waals surface area (Å²) >= 11 is 0. The summed E-state index contributed by atoms with van der Waals surface area (Å²) in [7, 11) is 0. The Bertz CT molecular complexity index is 84.1. The lowest BCUT2D eigenvalue weighted by Crippen LogP contribution is -2.23. The van der Waals surface area contributed by atoms with E-state index >= 15 is 0 Å². The Kier molecular flexibility index (Phi) is 3.14. The van der Waals surface area contributed by atoms with Crippen LogP contribution in [0.2, 0.25) is 0 Å². The van der Waals surface area contributed by atoms with Gasteiger partial charge in [0, 0.05) is 0 Å². The number of nitrogens with two attached hydrogens (primary N) is 1. The van der Waals surface area contributed by atoms with Crippen molar-refractivity contribution in [3.8, 4) is 0 Å². The first-order chi connectivity index (χ1) is 3.68. The van der Waals surface area contributed by atoms with Crippen LogP contribution < -0.4 is 11.5 Å². The number of carbonyl (C=O) groups excluding carboxylic acids is 1. The molecule has 4 N–H and O–H groups in total. The molecule has 0 aromatic rings.